The number of carbonyl (C=O) groups is 1. The van der Waals surface area contributed by atoms with Gasteiger partial charge in [-0.1, -0.05) is 24.6 Å². The number of fused-ring (bicyclic) bond motifs is 1. The zero-order chi connectivity index (χ0) is 11.7. The summed E-state index contributed by atoms with van der Waals surface area (Å²) >= 11 is 5.96. The van der Waals surface area contributed by atoms with Crippen LogP contribution < -0.4 is 5.32 Å². The number of esters is 1. The van der Waals surface area contributed by atoms with Crippen molar-refractivity contribution in [2.24, 2.45) is 0 Å². The molecule has 1 aliphatic heterocycles. The minimum atomic E-state index is -0.394. The summed E-state index contributed by atoms with van der Waals surface area (Å²) in [6, 6.07) is 5.28. The topological polar surface area (TPSA) is 38.3 Å². The molecule has 1 heterocycles. The quantitative estimate of drug-likeness (QED) is 0.764. The number of halogens is 1. The molecule has 86 valence electrons. The molecule has 0 bridgehead atoms. The third kappa shape index (κ3) is 1.93. The molecule has 0 saturated carbocycles. The predicted molar refractivity (Wildman–Crippen MR) is 62.6 cm³/mol. The Morgan fingerprint density at radius 1 is 1.50 bits per heavy atom. The van der Waals surface area contributed by atoms with Crippen molar-refractivity contribution in [3.8, 4) is 0 Å². The van der Waals surface area contributed by atoms with Crippen LogP contribution in [0.2, 0.25) is 5.02 Å². The molecule has 0 aliphatic carbocycles. The number of carbonyl (C=O) groups excluding carboxylic acids is 1. The van der Waals surface area contributed by atoms with Gasteiger partial charge in [-0.2, -0.15) is 0 Å². The van der Waals surface area contributed by atoms with Crippen LogP contribution >= 0.6 is 11.6 Å². The van der Waals surface area contributed by atoms with Crippen molar-refractivity contribution >= 4 is 17.6 Å². The molecule has 3 nitrogen and oxygen atoms in total. The van der Waals surface area contributed by atoms with Crippen LogP contribution in [0.15, 0.2) is 18.2 Å². The largest absolute Gasteiger partial charge is 0.468 e. The predicted octanol–water partition coefficient (Wildman–Crippen LogP) is 2.26. The van der Waals surface area contributed by atoms with Gasteiger partial charge in [0.15, 0.2) is 0 Å². The summed E-state index contributed by atoms with van der Waals surface area (Å²) in [6.07, 6.45) is 0. The van der Waals surface area contributed by atoms with Crippen molar-refractivity contribution in [3.63, 3.8) is 0 Å². The fourth-order valence-corrected chi connectivity index (χ4v) is 2.27. The van der Waals surface area contributed by atoms with E-state index in [-0.39, 0.29) is 5.97 Å². The van der Waals surface area contributed by atoms with Gasteiger partial charge in [0.05, 0.1) is 7.11 Å². The lowest BCUT2D eigenvalue weighted by Crippen LogP contribution is -2.37. The highest BCUT2D eigenvalue weighted by molar-refractivity contribution is 6.30. The first kappa shape index (κ1) is 11.4. The third-order valence-corrected chi connectivity index (χ3v) is 3.19. The molecule has 2 atom stereocenters. The maximum atomic E-state index is 11.6. The summed E-state index contributed by atoms with van der Waals surface area (Å²) in [5.74, 6) is 0.114. The Morgan fingerprint density at radius 3 is 2.94 bits per heavy atom. The molecule has 4 heteroatoms. The van der Waals surface area contributed by atoms with Crippen LogP contribution in [0.5, 0.6) is 0 Å². The van der Waals surface area contributed by atoms with E-state index in [1.54, 1.807) is 0 Å². The summed E-state index contributed by atoms with van der Waals surface area (Å²) in [4.78, 5) is 11.6. The van der Waals surface area contributed by atoms with E-state index in [0.29, 0.717) is 10.9 Å². The number of ether oxygens (including phenoxy) is 1. The zero-order valence-electron chi connectivity index (χ0n) is 9.29. The van der Waals surface area contributed by atoms with E-state index in [1.165, 1.54) is 12.7 Å². The van der Waals surface area contributed by atoms with Gasteiger partial charge in [0, 0.05) is 11.6 Å². The van der Waals surface area contributed by atoms with E-state index in [0.717, 1.165) is 12.1 Å². The van der Waals surface area contributed by atoms with E-state index in [4.69, 9.17) is 16.3 Å². The monoisotopic (exact) mass is 239 g/mol. The molecule has 1 aromatic carbocycles. The highest BCUT2D eigenvalue weighted by atomic mass is 35.5. The van der Waals surface area contributed by atoms with E-state index in [9.17, 15) is 4.79 Å². The Labute approximate surface area is 99.7 Å². The Kier molecular flexibility index (Phi) is 3.17. The molecule has 0 amide bonds. The smallest absolute Gasteiger partial charge is 0.327 e. The van der Waals surface area contributed by atoms with Gasteiger partial charge in [-0.05, 0) is 29.2 Å². The van der Waals surface area contributed by atoms with Crippen LogP contribution in [-0.2, 0) is 9.53 Å². The van der Waals surface area contributed by atoms with Crippen molar-refractivity contribution in [1.82, 2.24) is 5.32 Å². The summed E-state index contributed by atoms with van der Waals surface area (Å²) in [6.45, 7) is 2.89. The molecule has 1 aliphatic rings. The first-order valence-corrected chi connectivity index (χ1v) is 5.62. The minimum absolute atomic E-state index is 0.268. The molecule has 2 unspecified atom stereocenters. The molecule has 16 heavy (non-hydrogen) atoms. The van der Waals surface area contributed by atoms with Crippen molar-refractivity contribution in [3.05, 3.63) is 34.3 Å². The number of methoxy groups -OCH3 is 1. The fraction of sp³-hybridized carbons (Fsp3) is 0.417. The van der Waals surface area contributed by atoms with Crippen molar-refractivity contribution in [2.45, 2.75) is 18.9 Å². The first-order valence-electron chi connectivity index (χ1n) is 5.24. The number of hydrogen-bond donors (Lipinski definition) is 1. The second kappa shape index (κ2) is 4.44. The molecule has 0 fully saturated rings. The van der Waals surface area contributed by atoms with E-state index in [1.807, 2.05) is 18.2 Å². The van der Waals surface area contributed by atoms with Crippen molar-refractivity contribution < 1.29 is 9.53 Å². The van der Waals surface area contributed by atoms with Crippen LogP contribution in [0, 0.1) is 0 Å². The van der Waals surface area contributed by atoms with E-state index in [2.05, 4.69) is 12.2 Å². The summed E-state index contributed by atoms with van der Waals surface area (Å²) in [5.41, 5.74) is 2.09. The number of nitrogens with one attached hydrogen (secondary N) is 1. The Hall–Kier alpha value is -1.06. The van der Waals surface area contributed by atoms with Gasteiger partial charge in [-0.3, -0.25) is 0 Å². The SMILES string of the molecule is COC(=O)C1NCC(C)c2ccc(Cl)cc21. The summed E-state index contributed by atoms with van der Waals surface area (Å²) in [7, 11) is 1.40. The molecule has 0 radical (unpaired) electrons. The van der Waals surface area contributed by atoms with Gasteiger partial charge in [-0.25, -0.2) is 4.79 Å². The average molecular weight is 240 g/mol. The van der Waals surface area contributed by atoms with Gasteiger partial charge in [-0.15, -0.1) is 0 Å². The van der Waals surface area contributed by atoms with Crippen molar-refractivity contribution in [1.29, 1.82) is 0 Å². The molecule has 1 N–H and O–H groups in total. The lowest BCUT2D eigenvalue weighted by atomic mass is 9.88. The Morgan fingerprint density at radius 2 is 2.25 bits per heavy atom. The van der Waals surface area contributed by atoms with Gasteiger partial charge in [0.1, 0.15) is 6.04 Å². The minimum Gasteiger partial charge on any atom is -0.468 e. The molecular weight excluding hydrogens is 226 g/mol. The zero-order valence-corrected chi connectivity index (χ0v) is 10.0. The summed E-state index contributed by atoms with van der Waals surface area (Å²) < 4.78 is 4.78. The summed E-state index contributed by atoms with van der Waals surface area (Å²) in [5, 5.41) is 3.81. The molecule has 0 aromatic heterocycles. The van der Waals surface area contributed by atoms with E-state index < -0.39 is 6.04 Å². The maximum Gasteiger partial charge on any atom is 0.327 e. The lowest BCUT2D eigenvalue weighted by molar-refractivity contribution is -0.143. The molecule has 2 rings (SSSR count). The second-order valence-electron chi connectivity index (χ2n) is 4.04. The van der Waals surface area contributed by atoms with Crippen LogP contribution in [0.4, 0.5) is 0 Å². The van der Waals surface area contributed by atoms with Gasteiger partial charge in [0.25, 0.3) is 0 Å². The standard InChI is InChI=1S/C12H14ClNO2/c1-7-6-14-11(12(15)16-2)10-5-8(13)3-4-9(7)10/h3-5,7,11,14H,6H2,1-2H3. The van der Waals surface area contributed by atoms with Crippen LogP contribution in [0.1, 0.15) is 30.0 Å². The maximum absolute atomic E-state index is 11.6. The highest BCUT2D eigenvalue weighted by Gasteiger charge is 2.29. The average Bonchev–Trinajstić information content (AvgIpc) is 2.28. The second-order valence-corrected chi connectivity index (χ2v) is 4.48. The van der Waals surface area contributed by atoms with Gasteiger partial charge in [0.2, 0.25) is 0 Å². The van der Waals surface area contributed by atoms with Gasteiger partial charge >= 0.3 is 5.97 Å². The van der Waals surface area contributed by atoms with Crippen LogP contribution in [0.25, 0.3) is 0 Å². The van der Waals surface area contributed by atoms with Gasteiger partial charge < -0.3 is 10.1 Å². The molecule has 0 saturated heterocycles. The molecule has 1 aromatic rings. The van der Waals surface area contributed by atoms with Crippen molar-refractivity contribution in [2.75, 3.05) is 13.7 Å². The molecule has 0 spiro atoms. The molecular formula is C12H14ClNO2. The normalized spacial score (nSPS) is 23.7. The Bertz CT molecular complexity index is 419. The van der Waals surface area contributed by atoms with E-state index >= 15 is 0 Å². The fourth-order valence-electron chi connectivity index (χ4n) is 2.09. The van der Waals surface area contributed by atoms with Crippen LogP contribution in [-0.4, -0.2) is 19.6 Å². The number of rotatable bonds is 1. The third-order valence-electron chi connectivity index (χ3n) is 2.96. The first-order chi connectivity index (χ1) is 7.63. The number of hydrogen-bond acceptors (Lipinski definition) is 3. The lowest BCUT2D eigenvalue weighted by Gasteiger charge is -2.29. The highest BCUT2D eigenvalue weighted by Crippen LogP contribution is 2.32. The Balaban J connectivity index is 2.45. The van der Waals surface area contributed by atoms with Crippen LogP contribution in [0.3, 0.4) is 0 Å². The number of benzene rings is 1.